The third-order valence-corrected chi connectivity index (χ3v) is 2.72. The van der Waals surface area contributed by atoms with Crippen molar-refractivity contribution in [2.24, 2.45) is 0 Å². The largest absolute Gasteiger partial charge is 0.397 e. The Morgan fingerprint density at radius 2 is 2.22 bits per heavy atom. The maximum Gasteiger partial charge on any atom is 0.268 e. The SMILES string of the molecule is C#CC(C)(C)NC(=O)c1cc2cccc(N)c2[nH]1. The predicted octanol–water partition coefficient (Wildman–Crippen LogP) is 1.89. The molecule has 0 unspecified atom stereocenters. The standard InChI is InChI=1S/C14H15N3O/c1-4-14(2,3)17-13(18)11-8-9-6-5-7-10(15)12(9)16-11/h1,5-8,16H,15H2,2-3H3,(H,17,18). The molecule has 0 saturated carbocycles. The summed E-state index contributed by atoms with van der Waals surface area (Å²) in [6.45, 7) is 3.53. The second kappa shape index (κ2) is 4.11. The number of hydrogen-bond donors (Lipinski definition) is 3. The summed E-state index contributed by atoms with van der Waals surface area (Å²) >= 11 is 0. The van der Waals surface area contributed by atoms with Gasteiger partial charge in [-0.25, -0.2) is 0 Å². The van der Waals surface area contributed by atoms with E-state index in [4.69, 9.17) is 12.2 Å². The lowest BCUT2D eigenvalue weighted by atomic mass is 10.1. The fourth-order valence-corrected chi connectivity index (χ4v) is 1.69. The summed E-state index contributed by atoms with van der Waals surface area (Å²) in [5.41, 5.74) is 6.98. The third kappa shape index (κ3) is 2.16. The zero-order chi connectivity index (χ0) is 13.3. The molecule has 92 valence electrons. The van der Waals surface area contributed by atoms with Gasteiger partial charge < -0.3 is 16.0 Å². The number of aromatic nitrogens is 1. The molecule has 0 aliphatic carbocycles. The number of anilines is 1. The molecule has 2 aromatic rings. The highest BCUT2D eigenvalue weighted by atomic mass is 16.2. The molecule has 0 fully saturated rings. The smallest absolute Gasteiger partial charge is 0.268 e. The molecule has 0 bridgehead atoms. The minimum absolute atomic E-state index is 0.242. The first-order chi connectivity index (χ1) is 8.43. The first kappa shape index (κ1) is 12.1. The number of rotatable bonds is 2. The van der Waals surface area contributed by atoms with Crippen LogP contribution in [0.25, 0.3) is 10.9 Å². The van der Waals surface area contributed by atoms with E-state index in [-0.39, 0.29) is 5.91 Å². The monoisotopic (exact) mass is 241 g/mol. The number of nitrogens with two attached hydrogens (primary N) is 1. The number of benzene rings is 1. The molecule has 2 rings (SSSR count). The van der Waals surface area contributed by atoms with E-state index in [0.29, 0.717) is 11.4 Å². The Labute approximate surface area is 106 Å². The Morgan fingerprint density at radius 3 is 2.83 bits per heavy atom. The van der Waals surface area contributed by atoms with Gasteiger partial charge in [0.25, 0.3) is 5.91 Å². The molecule has 1 amide bonds. The van der Waals surface area contributed by atoms with Gasteiger partial charge >= 0.3 is 0 Å². The van der Waals surface area contributed by atoms with E-state index >= 15 is 0 Å². The Hall–Kier alpha value is -2.41. The van der Waals surface area contributed by atoms with Gasteiger partial charge in [-0.2, -0.15) is 0 Å². The molecule has 0 aliphatic heterocycles. The topological polar surface area (TPSA) is 70.9 Å². The molecule has 0 saturated heterocycles. The van der Waals surface area contributed by atoms with Gasteiger partial charge in [0, 0.05) is 5.39 Å². The van der Waals surface area contributed by atoms with Crippen LogP contribution in [-0.2, 0) is 0 Å². The van der Waals surface area contributed by atoms with Crippen LogP contribution in [0, 0.1) is 12.3 Å². The van der Waals surface area contributed by atoms with Crippen LogP contribution < -0.4 is 11.1 Å². The molecule has 4 heteroatoms. The first-order valence-corrected chi connectivity index (χ1v) is 5.60. The predicted molar refractivity (Wildman–Crippen MR) is 73.1 cm³/mol. The summed E-state index contributed by atoms with van der Waals surface area (Å²) in [5, 5.41) is 3.66. The zero-order valence-corrected chi connectivity index (χ0v) is 10.4. The lowest BCUT2D eigenvalue weighted by Crippen LogP contribution is -2.42. The number of carbonyl (C=O) groups excluding carboxylic acids is 1. The highest BCUT2D eigenvalue weighted by molar-refractivity contribution is 6.01. The molecular weight excluding hydrogens is 226 g/mol. The van der Waals surface area contributed by atoms with Gasteiger partial charge in [0.2, 0.25) is 0 Å². The average Bonchev–Trinajstić information content (AvgIpc) is 2.74. The van der Waals surface area contributed by atoms with Crippen molar-refractivity contribution in [2.45, 2.75) is 19.4 Å². The number of para-hydroxylation sites is 1. The molecule has 0 aliphatic rings. The summed E-state index contributed by atoms with van der Waals surface area (Å²) in [6.07, 6.45) is 5.34. The van der Waals surface area contributed by atoms with Crippen molar-refractivity contribution in [3.63, 3.8) is 0 Å². The Kier molecular flexibility index (Phi) is 2.76. The molecule has 4 N–H and O–H groups in total. The number of hydrogen-bond acceptors (Lipinski definition) is 2. The van der Waals surface area contributed by atoms with Crippen molar-refractivity contribution < 1.29 is 4.79 Å². The van der Waals surface area contributed by atoms with Crippen LogP contribution in [0.3, 0.4) is 0 Å². The number of carbonyl (C=O) groups is 1. The van der Waals surface area contributed by atoms with Gasteiger partial charge in [-0.1, -0.05) is 18.1 Å². The van der Waals surface area contributed by atoms with Crippen LogP contribution in [0.5, 0.6) is 0 Å². The second-order valence-corrected chi connectivity index (χ2v) is 4.72. The van der Waals surface area contributed by atoms with E-state index in [0.717, 1.165) is 10.9 Å². The zero-order valence-electron chi connectivity index (χ0n) is 10.4. The van der Waals surface area contributed by atoms with Crippen LogP contribution in [0.15, 0.2) is 24.3 Å². The van der Waals surface area contributed by atoms with Gasteiger partial charge in [0.05, 0.1) is 16.7 Å². The number of aromatic amines is 1. The van der Waals surface area contributed by atoms with Crippen LogP contribution in [0.2, 0.25) is 0 Å². The molecule has 0 radical (unpaired) electrons. The van der Waals surface area contributed by atoms with Crippen LogP contribution in [0.1, 0.15) is 24.3 Å². The van der Waals surface area contributed by atoms with E-state index in [9.17, 15) is 4.79 Å². The third-order valence-electron chi connectivity index (χ3n) is 2.72. The number of amides is 1. The first-order valence-electron chi connectivity index (χ1n) is 5.60. The highest BCUT2D eigenvalue weighted by Crippen LogP contribution is 2.21. The molecule has 1 heterocycles. The Morgan fingerprint density at radius 1 is 1.50 bits per heavy atom. The number of fused-ring (bicyclic) bond motifs is 1. The van der Waals surface area contributed by atoms with E-state index in [2.05, 4.69) is 16.2 Å². The van der Waals surface area contributed by atoms with Crippen molar-refractivity contribution in [3.05, 3.63) is 30.0 Å². The van der Waals surface area contributed by atoms with Crippen LogP contribution in [-0.4, -0.2) is 16.4 Å². The average molecular weight is 241 g/mol. The van der Waals surface area contributed by atoms with Crippen molar-refractivity contribution in [1.82, 2.24) is 10.3 Å². The Balaban J connectivity index is 2.35. The van der Waals surface area contributed by atoms with Gasteiger partial charge in [-0.15, -0.1) is 6.42 Å². The number of nitrogen functional groups attached to an aromatic ring is 1. The summed E-state index contributed by atoms with van der Waals surface area (Å²) in [5.74, 6) is 2.27. The molecule has 1 aromatic heterocycles. The minimum Gasteiger partial charge on any atom is -0.397 e. The molecule has 1 aromatic carbocycles. The van der Waals surface area contributed by atoms with E-state index in [1.165, 1.54) is 0 Å². The molecular formula is C14H15N3O. The fourth-order valence-electron chi connectivity index (χ4n) is 1.69. The van der Waals surface area contributed by atoms with Gasteiger partial charge in [-0.3, -0.25) is 4.79 Å². The molecule has 0 atom stereocenters. The summed E-state index contributed by atoms with van der Waals surface area (Å²) in [6, 6.07) is 7.28. The van der Waals surface area contributed by atoms with Crippen molar-refractivity contribution in [1.29, 1.82) is 0 Å². The van der Waals surface area contributed by atoms with Gasteiger partial charge in [0.15, 0.2) is 0 Å². The number of nitrogens with one attached hydrogen (secondary N) is 2. The lowest BCUT2D eigenvalue weighted by Gasteiger charge is -2.18. The van der Waals surface area contributed by atoms with Crippen molar-refractivity contribution >= 4 is 22.5 Å². The van der Waals surface area contributed by atoms with Crippen LogP contribution in [0.4, 0.5) is 5.69 Å². The van der Waals surface area contributed by atoms with E-state index < -0.39 is 5.54 Å². The maximum absolute atomic E-state index is 12.0. The van der Waals surface area contributed by atoms with Gasteiger partial charge in [0.1, 0.15) is 5.69 Å². The summed E-state index contributed by atoms with van der Waals surface area (Å²) in [7, 11) is 0. The van der Waals surface area contributed by atoms with Crippen molar-refractivity contribution in [3.8, 4) is 12.3 Å². The molecule has 4 nitrogen and oxygen atoms in total. The lowest BCUT2D eigenvalue weighted by molar-refractivity contribution is 0.0925. The summed E-state index contributed by atoms with van der Waals surface area (Å²) in [4.78, 5) is 15.0. The number of terminal acetylenes is 1. The highest BCUT2D eigenvalue weighted by Gasteiger charge is 2.19. The normalized spacial score (nSPS) is 11.2. The van der Waals surface area contributed by atoms with E-state index in [1.807, 2.05) is 12.1 Å². The fraction of sp³-hybridized carbons (Fsp3) is 0.214. The number of H-pyrrole nitrogens is 1. The minimum atomic E-state index is -0.681. The van der Waals surface area contributed by atoms with Crippen LogP contribution >= 0.6 is 0 Å². The Bertz CT molecular complexity index is 647. The molecule has 18 heavy (non-hydrogen) atoms. The van der Waals surface area contributed by atoms with E-state index in [1.54, 1.807) is 26.0 Å². The summed E-state index contributed by atoms with van der Waals surface area (Å²) < 4.78 is 0. The second-order valence-electron chi connectivity index (χ2n) is 4.72. The molecule has 0 spiro atoms. The quantitative estimate of drug-likeness (QED) is 0.555. The van der Waals surface area contributed by atoms with Gasteiger partial charge in [-0.05, 0) is 26.0 Å². The maximum atomic E-state index is 12.0. The van der Waals surface area contributed by atoms with Crippen molar-refractivity contribution in [2.75, 3.05) is 5.73 Å².